The van der Waals surface area contributed by atoms with Crippen molar-refractivity contribution in [1.29, 1.82) is 0 Å². The minimum atomic E-state index is -0.203. The molecule has 3 aromatic rings. The van der Waals surface area contributed by atoms with Gasteiger partial charge < -0.3 is 29.7 Å². The van der Waals surface area contributed by atoms with Crippen LogP contribution in [0.3, 0.4) is 0 Å². The summed E-state index contributed by atoms with van der Waals surface area (Å²) < 4.78 is 16.1. The Kier molecular flexibility index (Phi) is 10.3. The highest BCUT2D eigenvalue weighted by molar-refractivity contribution is 6.30. The van der Waals surface area contributed by atoms with Crippen molar-refractivity contribution in [2.45, 2.75) is 31.3 Å². The van der Waals surface area contributed by atoms with E-state index in [-0.39, 0.29) is 43.2 Å². The number of halogens is 1. The van der Waals surface area contributed by atoms with Crippen molar-refractivity contribution in [3.63, 3.8) is 0 Å². The third-order valence-electron chi connectivity index (χ3n) is 7.16. The molecule has 2 N–H and O–H groups in total. The Labute approximate surface area is 240 Å². The van der Waals surface area contributed by atoms with Gasteiger partial charge in [0.05, 0.1) is 27.4 Å². The van der Waals surface area contributed by atoms with Gasteiger partial charge in [-0.05, 0) is 41.0 Å². The molecule has 4 rings (SSSR count). The molecule has 0 saturated carbocycles. The molecule has 40 heavy (non-hydrogen) atoms. The minimum absolute atomic E-state index is 0.0377. The highest BCUT2D eigenvalue weighted by Crippen LogP contribution is 2.38. The molecule has 0 radical (unpaired) electrons. The second kappa shape index (κ2) is 14.1. The molecule has 0 spiro atoms. The first-order chi connectivity index (χ1) is 19.4. The molecule has 2 atom stereocenters. The van der Waals surface area contributed by atoms with Gasteiger partial charge in [0.2, 0.25) is 17.6 Å². The van der Waals surface area contributed by atoms with Gasteiger partial charge in [-0.2, -0.15) is 0 Å². The maximum absolute atomic E-state index is 13.5. The molecule has 0 bridgehead atoms. The Balaban J connectivity index is 1.42. The third kappa shape index (κ3) is 7.06. The average molecular weight is 566 g/mol. The molecular weight excluding hydrogens is 530 g/mol. The van der Waals surface area contributed by atoms with E-state index in [4.69, 9.17) is 25.8 Å². The lowest BCUT2D eigenvalue weighted by molar-refractivity contribution is -0.136. The smallest absolute Gasteiger partial charge is 0.223 e. The van der Waals surface area contributed by atoms with E-state index in [1.807, 2.05) is 47.4 Å². The molecule has 1 heterocycles. The van der Waals surface area contributed by atoms with Crippen molar-refractivity contribution in [2.24, 2.45) is 0 Å². The molecule has 1 fully saturated rings. The Morgan fingerprint density at radius 3 is 2.23 bits per heavy atom. The molecule has 1 aliphatic rings. The first-order valence-electron chi connectivity index (χ1n) is 13.3. The summed E-state index contributed by atoms with van der Waals surface area (Å²) in [7, 11) is 4.63. The highest BCUT2D eigenvalue weighted by Gasteiger charge is 2.34. The summed E-state index contributed by atoms with van der Waals surface area (Å²) in [4.78, 5) is 28.2. The standard InChI is InChI=1S/C31H36ClN3O5/c1-38-26-17-21(18-27(39-2)31(26)40-3)19-34-28(36)13-14-29(37)35-16-15-33-20-25(35)30(22-7-5-4-6-8-22)23-9-11-24(32)12-10-23/h4-12,17-18,25,30,33H,13-16,19-20H2,1-3H3,(H,34,36). The number of hydrogen-bond donors (Lipinski definition) is 2. The van der Waals surface area contributed by atoms with E-state index < -0.39 is 0 Å². The molecule has 3 aromatic carbocycles. The van der Waals surface area contributed by atoms with Crippen LogP contribution in [0.1, 0.15) is 35.4 Å². The number of nitrogens with zero attached hydrogens (tertiary/aromatic N) is 1. The molecular formula is C31H36ClN3O5. The topological polar surface area (TPSA) is 89.1 Å². The maximum Gasteiger partial charge on any atom is 0.223 e. The van der Waals surface area contributed by atoms with Gasteiger partial charge in [-0.25, -0.2) is 0 Å². The van der Waals surface area contributed by atoms with E-state index >= 15 is 0 Å². The number of piperazine rings is 1. The van der Waals surface area contributed by atoms with E-state index in [0.29, 0.717) is 41.9 Å². The fourth-order valence-corrected chi connectivity index (χ4v) is 5.32. The summed E-state index contributed by atoms with van der Waals surface area (Å²) in [5, 5.41) is 7.02. The summed E-state index contributed by atoms with van der Waals surface area (Å²) in [6.07, 6.45) is 0.219. The lowest BCUT2D eigenvalue weighted by Crippen LogP contribution is -2.56. The van der Waals surface area contributed by atoms with Crippen molar-refractivity contribution < 1.29 is 23.8 Å². The predicted molar refractivity (Wildman–Crippen MR) is 155 cm³/mol. The van der Waals surface area contributed by atoms with Crippen LogP contribution in [-0.4, -0.2) is 63.7 Å². The van der Waals surface area contributed by atoms with E-state index in [1.54, 1.807) is 33.5 Å². The van der Waals surface area contributed by atoms with Crippen LogP contribution in [0.25, 0.3) is 0 Å². The Bertz CT molecular complexity index is 1260. The fourth-order valence-electron chi connectivity index (χ4n) is 5.19. The SMILES string of the molecule is COc1cc(CNC(=O)CCC(=O)N2CCNCC2C(c2ccccc2)c2ccc(Cl)cc2)cc(OC)c1OC. The van der Waals surface area contributed by atoms with Crippen molar-refractivity contribution >= 4 is 23.4 Å². The summed E-state index contributed by atoms with van der Waals surface area (Å²) in [5.74, 6) is 1.24. The number of carbonyl (C=O) groups is 2. The molecule has 9 heteroatoms. The molecule has 1 saturated heterocycles. The second-order valence-electron chi connectivity index (χ2n) is 9.61. The van der Waals surface area contributed by atoms with Gasteiger partial charge >= 0.3 is 0 Å². The van der Waals surface area contributed by atoms with Crippen LogP contribution in [0.5, 0.6) is 17.2 Å². The number of amides is 2. The largest absolute Gasteiger partial charge is 0.493 e. The second-order valence-corrected chi connectivity index (χ2v) is 10.0. The fraction of sp³-hybridized carbons (Fsp3) is 0.355. The summed E-state index contributed by atoms with van der Waals surface area (Å²) in [6, 6.07) is 21.5. The van der Waals surface area contributed by atoms with Crippen molar-refractivity contribution in [3.05, 3.63) is 88.4 Å². The summed E-state index contributed by atoms with van der Waals surface area (Å²) in [5.41, 5.74) is 3.01. The number of rotatable bonds is 11. The number of carbonyl (C=O) groups excluding carboxylic acids is 2. The van der Waals surface area contributed by atoms with Crippen molar-refractivity contribution in [2.75, 3.05) is 41.0 Å². The van der Waals surface area contributed by atoms with Crippen molar-refractivity contribution in [3.8, 4) is 17.2 Å². The zero-order valence-corrected chi connectivity index (χ0v) is 23.9. The zero-order chi connectivity index (χ0) is 28.5. The van der Waals surface area contributed by atoms with Crippen LogP contribution in [-0.2, 0) is 16.1 Å². The monoisotopic (exact) mass is 565 g/mol. The first kappa shape index (κ1) is 29.2. The number of hydrogen-bond acceptors (Lipinski definition) is 6. The molecule has 0 aromatic heterocycles. The van der Waals surface area contributed by atoms with E-state index in [1.165, 1.54) is 0 Å². The van der Waals surface area contributed by atoms with Crippen LogP contribution in [0.2, 0.25) is 5.02 Å². The number of benzene rings is 3. The summed E-state index contributed by atoms with van der Waals surface area (Å²) >= 11 is 6.17. The van der Waals surface area contributed by atoms with Crippen molar-refractivity contribution in [1.82, 2.24) is 15.5 Å². The Morgan fingerprint density at radius 1 is 0.950 bits per heavy atom. The van der Waals surface area contributed by atoms with Gasteiger partial charge in [-0.15, -0.1) is 0 Å². The van der Waals surface area contributed by atoms with Crippen LogP contribution < -0.4 is 24.8 Å². The molecule has 2 unspecified atom stereocenters. The van der Waals surface area contributed by atoms with E-state index in [2.05, 4.69) is 22.8 Å². The highest BCUT2D eigenvalue weighted by atomic mass is 35.5. The number of nitrogens with one attached hydrogen (secondary N) is 2. The first-order valence-corrected chi connectivity index (χ1v) is 13.7. The third-order valence-corrected chi connectivity index (χ3v) is 7.41. The summed E-state index contributed by atoms with van der Waals surface area (Å²) in [6.45, 7) is 2.21. The van der Waals surface area contributed by atoms with Crippen LogP contribution in [0, 0.1) is 0 Å². The van der Waals surface area contributed by atoms with Gasteiger partial charge in [0, 0.05) is 50.0 Å². The lowest BCUT2D eigenvalue weighted by atomic mass is 9.83. The number of ether oxygens (including phenoxy) is 3. The predicted octanol–water partition coefficient (Wildman–Crippen LogP) is 4.39. The van der Waals surface area contributed by atoms with Gasteiger partial charge in [0.15, 0.2) is 11.5 Å². The molecule has 212 valence electrons. The van der Waals surface area contributed by atoms with Gasteiger partial charge in [-0.3, -0.25) is 9.59 Å². The number of methoxy groups -OCH3 is 3. The van der Waals surface area contributed by atoms with E-state index in [9.17, 15) is 9.59 Å². The van der Waals surface area contributed by atoms with E-state index in [0.717, 1.165) is 16.7 Å². The lowest BCUT2D eigenvalue weighted by Gasteiger charge is -2.41. The Hall–Kier alpha value is -3.75. The normalized spacial score (nSPS) is 15.7. The minimum Gasteiger partial charge on any atom is -0.493 e. The average Bonchev–Trinajstić information content (AvgIpc) is 3.00. The van der Waals surface area contributed by atoms with Gasteiger partial charge in [0.1, 0.15) is 0 Å². The zero-order valence-electron chi connectivity index (χ0n) is 23.1. The van der Waals surface area contributed by atoms with Gasteiger partial charge in [0.25, 0.3) is 0 Å². The molecule has 1 aliphatic heterocycles. The Morgan fingerprint density at radius 2 is 1.60 bits per heavy atom. The van der Waals surface area contributed by atoms with Gasteiger partial charge in [-0.1, -0.05) is 54.1 Å². The quantitative estimate of drug-likeness (QED) is 0.358. The molecule has 2 amide bonds. The van der Waals surface area contributed by atoms with Crippen LogP contribution >= 0.6 is 11.6 Å². The molecule has 0 aliphatic carbocycles. The maximum atomic E-state index is 13.5. The molecule has 8 nitrogen and oxygen atoms in total. The van der Waals surface area contributed by atoms with Crippen LogP contribution in [0.15, 0.2) is 66.7 Å². The van der Waals surface area contributed by atoms with Crippen LogP contribution in [0.4, 0.5) is 0 Å².